The number of benzene rings is 2. The Hall–Kier alpha value is -2.68. The van der Waals surface area contributed by atoms with Gasteiger partial charge in [0.1, 0.15) is 5.75 Å². The first-order valence-electron chi connectivity index (χ1n) is 8.31. The SMILES string of the molecule is CCCc1ccc(Cc2cnc(-c3ccc(OC)cc3)cn2)cc1. The number of nitrogens with zero attached hydrogens (tertiary/aromatic N) is 2. The summed E-state index contributed by atoms with van der Waals surface area (Å²) in [5.41, 5.74) is 5.55. The normalized spacial score (nSPS) is 10.6. The van der Waals surface area contributed by atoms with Gasteiger partial charge >= 0.3 is 0 Å². The lowest BCUT2D eigenvalue weighted by molar-refractivity contribution is 0.415. The molecule has 0 saturated carbocycles. The van der Waals surface area contributed by atoms with Crippen LogP contribution in [0.15, 0.2) is 60.9 Å². The summed E-state index contributed by atoms with van der Waals surface area (Å²) in [5.74, 6) is 0.842. The first kappa shape index (κ1) is 16.2. The van der Waals surface area contributed by atoms with E-state index in [1.165, 1.54) is 17.5 Å². The zero-order chi connectivity index (χ0) is 16.8. The van der Waals surface area contributed by atoms with Crippen molar-refractivity contribution in [3.63, 3.8) is 0 Å². The predicted molar refractivity (Wildman–Crippen MR) is 97.3 cm³/mol. The van der Waals surface area contributed by atoms with Crippen LogP contribution in [0.3, 0.4) is 0 Å². The number of rotatable bonds is 6. The highest BCUT2D eigenvalue weighted by atomic mass is 16.5. The number of hydrogen-bond donors (Lipinski definition) is 0. The van der Waals surface area contributed by atoms with Crippen molar-refractivity contribution in [1.29, 1.82) is 0 Å². The summed E-state index contributed by atoms with van der Waals surface area (Å²) in [4.78, 5) is 9.10. The van der Waals surface area contributed by atoms with Crippen LogP contribution in [0.5, 0.6) is 5.75 Å². The molecule has 1 aromatic heterocycles. The summed E-state index contributed by atoms with van der Waals surface area (Å²) >= 11 is 0. The third-order valence-corrected chi connectivity index (χ3v) is 4.04. The van der Waals surface area contributed by atoms with Gasteiger partial charge in [-0.05, 0) is 41.8 Å². The van der Waals surface area contributed by atoms with Gasteiger partial charge in [0.25, 0.3) is 0 Å². The molecule has 0 radical (unpaired) electrons. The molecule has 0 N–H and O–H groups in total. The Morgan fingerprint density at radius 2 is 1.54 bits per heavy atom. The maximum atomic E-state index is 5.18. The summed E-state index contributed by atoms with van der Waals surface area (Å²) in [7, 11) is 1.67. The molecule has 3 heteroatoms. The molecule has 2 aromatic carbocycles. The molecule has 24 heavy (non-hydrogen) atoms. The molecule has 0 amide bonds. The van der Waals surface area contributed by atoms with E-state index in [9.17, 15) is 0 Å². The smallest absolute Gasteiger partial charge is 0.118 e. The molecule has 0 atom stereocenters. The van der Waals surface area contributed by atoms with Gasteiger partial charge in [-0.3, -0.25) is 9.97 Å². The molecule has 1 heterocycles. The molecule has 0 aliphatic heterocycles. The second kappa shape index (κ2) is 7.73. The van der Waals surface area contributed by atoms with Gasteiger partial charge in [0.2, 0.25) is 0 Å². The van der Waals surface area contributed by atoms with Gasteiger partial charge in [-0.15, -0.1) is 0 Å². The molecule has 0 bridgehead atoms. The van der Waals surface area contributed by atoms with Crippen LogP contribution < -0.4 is 4.74 Å². The van der Waals surface area contributed by atoms with Gasteiger partial charge in [-0.25, -0.2) is 0 Å². The molecule has 122 valence electrons. The highest BCUT2D eigenvalue weighted by Gasteiger charge is 2.03. The molecular formula is C21H22N2O. The first-order valence-corrected chi connectivity index (χ1v) is 8.31. The molecule has 0 aliphatic carbocycles. The van der Waals surface area contributed by atoms with Crippen molar-refractivity contribution in [2.45, 2.75) is 26.2 Å². The fourth-order valence-corrected chi connectivity index (χ4v) is 2.68. The summed E-state index contributed by atoms with van der Waals surface area (Å²) < 4.78 is 5.18. The van der Waals surface area contributed by atoms with E-state index < -0.39 is 0 Å². The average molecular weight is 318 g/mol. The minimum Gasteiger partial charge on any atom is -0.497 e. The van der Waals surface area contributed by atoms with Gasteiger partial charge in [0.05, 0.1) is 24.7 Å². The van der Waals surface area contributed by atoms with Crippen molar-refractivity contribution in [3.05, 3.63) is 77.7 Å². The largest absolute Gasteiger partial charge is 0.497 e. The second-order valence-electron chi connectivity index (χ2n) is 5.86. The Labute approximate surface area is 143 Å². The quantitative estimate of drug-likeness (QED) is 0.661. The molecular weight excluding hydrogens is 296 g/mol. The van der Waals surface area contributed by atoms with Crippen LogP contribution in [-0.4, -0.2) is 17.1 Å². The minimum absolute atomic E-state index is 0.808. The van der Waals surface area contributed by atoms with Crippen LogP contribution in [-0.2, 0) is 12.8 Å². The average Bonchev–Trinajstić information content (AvgIpc) is 2.64. The topological polar surface area (TPSA) is 35.0 Å². The maximum Gasteiger partial charge on any atom is 0.118 e. The van der Waals surface area contributed by atoms with Gasteiger partial charge in [-0.1, -0.05) is 37.6 Å². The van der Waals surface area contributed by atoms with E-state index in [0.29, 0.717) is 0 Å². The molecule has 0 fully saturated rings. The fourth-order valence-electron chi connectivity index (χ4n) is 2.68. The summed E-state index contributed by atoms with van der Waals surface area (Å²) in [6, 6.07) is 16.6. The van der Waals surface area contributed by atoms with Crippen molar-refractivity contribution in [2.75, 3.05) is 7.11 Å². The van der Waals surface area contributed by atoms with E-state index in [2.05, 4.69) is 41.2 Å². The zero-order valence-electron chi connectivity index (χ0n) is 14.2. The Balaban J connectivity index is 1.69. The molecule has 0 unspecified atom stereocenters. The molecule has 0 spiro atoms. The minimum atomic E-state index is 0.808. The van der Waals surface area contributed by atoms with Crippen molar-refractivity contribution in [1.82, 2.24) is 9.97 Å². The van der Waals surface area contributed by atoms with Crippen LogP contribution in [0.25, 0.3) is 11.3 Å². The summed E-state index contributed by atoms with van der Waals surface area (Å²) in [6.45, 7) is 2.20. The van der Waals surface area contributed by atoms with E-state index in [0.717, 1.165) is 35.5 Å². The van der Waals surface area contributed by atoms with E-state index in [1.54, 1.807) is 7.11 Å². The number of aryl methyl sites for hydroxylation is 1. The van der Waals surface area contributed by atoms with E-state index in [1.807, 2.05) is 36.7 Å². The van der Waals surface area contributed by atoms with Crippen LogP contribution in [0.4, 0.5) is 0 Å². The molecule has 3 aromatic rings. The third-order valence-electron chi connectivity index (χ3n) is 4.04. The molecule has 3 nitrogen and oxygen atoms in total. The van der Waals surface area contributed by atoms with Crippen LogP contribution >= 0.6 is 0 Å². The third kappa shape index (κ3) is 3.99. The lowest BCUT2D eigenvalue weighted by Crippen LogP contribution is -1.95. The van der Waals surface area contributed by atoms with Crippen molar-refractivity contribution >= 4 is 0 Å². The monoisotopic (exact) mass is 318 g/mol. The van der Waals surface area contributed by atoms with E-state index in [-0.39, 0.29) is 0 Å². The summed E-state index contributed by atoms with van der Waals surface area (Å²) in [5, 5.41) is 0. The number of ether oxygens (including phenoxy) is 1. The highest BCUT2D eigenvalue weighted by molar-refractivity contribution is 5.59. The molecule has 3 rings (SSSR count). The number of aromatic nitrogens is 2. The molecule has 0 saturated heterocycles. The lowest BCUT2D eigenvalue weighted by Gasteiger charge is -2.05. The number of methoxy groups -OCH3 is 1. The van der Waals surface area contributed by atoms with Crippen molar-refractivity contribution in [3.8, 4) is 17.0 Å². The van der Waals surface area contributed by atoms with Crippen LogP contribution in [0.1, 0.15) is 30.2 Å². The molecule has 0 aliphatic rings. The Morgan fingerprint density at radius 3 is 2.12 bits per heavy atom. The lowest BCUT2D eigenvalue weighted by atomic mass is 10.0. The highest BCUT2D eigenvalue weighted by Crippen LogP contribution is 2.20. The Kier molecular flexibility index (Phi) is 5.22. The van der Waals surface area contributed by atoms with Crippen LogP contribution in [0, 0.1) is 0 Å². The number of hydrogen-bond acceptors (Lipinski definition) is 3. The van der Waals surface area contributed by atoms with Crippen LogP contribution in [0.2, 0.25) is 0 Å². The standard InChI is InChI=1S/C21H22N2O/c1-3-4-16-5-7-17(8-6-16)13-19-14-23-21(15-22-19)18-9-11-20(24-2)12-10-18/h5-12,14-15H,3-4,13H2,1-2H3. The Morgan fingerprint density at radius 1 is 0.833 bits per heavy atom. The van der Waals surface area contributed by atoms with Gasteiger partial charge in [0.15, 0.2) is 0 Å². The summed E-state index contributed by atoms with van der Waals surface area (Å²) in [6.07, 6.45) is 6.82. The predicted octanol–water partition coefficient (Wildman–Crippen LogP) is 4.70. The second-order valence-corrected chi connectivity index (χ2v) is 5.86. The van der Waals surface area contributed by atoms with E-state index >= 15 is 0 Å². The fraction of sp³-hybridized carbons (Fsp3) is 0.238. The first-order chi connectivity index (χ1) is 11.8. The van der Waals surface area contributed by atoms with Crippen molar-refractivity contribution < 1.29 is 4.74 Å². The van der Waals surface area contributed by atoms with Gasteiger partial charge in [0, 0.05) is 18.2 Å². The van der Waals surface area contributed by atoms with Gasteiger partial charge < -0.3 is 4.74 Å². The van der Waals surface area contributed by atoms with E-state index in [4.69, 9.17) is 4.74 Å². The van der Waals surface area contributed by atoms with Crippen molar-refractivity contribution in [2.24, 2.45) is 0 Å². The Bertz CT molecular complexity index is 762. The zero-order valence-corrected chi connectivity index (χ0v) is 14.2. The maximum absolute atomic E-state index is 5.18. The van der Waals surface area contributed by atoms with Gasteiger partial charge in [-0.2, -0.15) is 0 Å².